The molecular formula is C29H35NO5. The summed E-state index contributed by atoms with van der Waals surface area (Å²) in [6.45, 7) is 9.77. The first kappa shape index (κ1) is 25.0. The van der Waals surface area contributed by atoms with Crippen LogP contribution in [0.25, 0.3) is 5.76 Å². The Morgan fingerprint density at radius 1 is 1.17 bits per heavy atom. The maximum atomic E-state index is 13.3. The van der Waals surface area contributed by atoms with E-state index in [0.717, 1.165) is 36.1 Å². The van der Waals surface area contributed by atoms with E-state index in [1.807, 2.05) is 38.1 Å². The highest BCUT2D eigenvalue weighted by molar-refractivity contribution is 6.46. The van der Waals surface area contributed by atoms with Crippen LogP contribution in [-0.2, 0) is 14.3 Å². The van der Waals surface area contributed by atoms with E-state index in [9.17, 15) is 14.7 Å². The number of amides is 1. The monoisotopic (exact) mass is 477 g/mol. The Bertz CT molecular complexity index is 1110. The molecule has 2 aliphatic heterocycles. The van der Waals surface area contributed by atoms with Gasteiger partial charge in [-0.15, -0.1) is 0 Å². The predicted octanol–water partition coefficient (Wildman–Crippen LogP) is 5.51. The van der Waals surface area contributed by atoms with Gasteiger partial charge in [-0.2, -0.15) is 0 Å². The minimum atomic E-state index is -0.670. The summed E-state index contributed by atoms with van der Waals surface area (Å²) in [7, 11) is 0. The summed E-state index contributed by atoms with van der Waals surface area (Å²) in [5.41, 5.74) is 3.43. The van der Waals surface area contributed by atoms with E-state index in [-0.39, 0.29) is 17.4 Å². The van der Waals surface area contributed by atoms with Crippen LogP contribution >= 0.6 is 0 Å². The SMILES string of the molecule is CCCOc1ccc(/C(O)=C2/C(=O)C(=O)N(CC3CCCO3)C2c2ccc(C(C)C)cc2)cc1C. The number of ketones is 1. The number of carbonyl (C=O) groups is 2. The molecule has 0 spiro atoms. The highest BCUT2D eigenvalue weighted by Gasteiger charge is 2.47. The molecule has 6 heteroatoms. The van der Waals surface area contributed by atoms with Crippen LogP contribution in [-0.4, -0.2) is 47.6 Å². The van der Waals surface area contributed by atoms with Gasteiger partial charge >= 0.3 is 0 Å². The third kappa shape index (κ3) is 5.13. The van der Waals surface area contributed by atoms with Gasteiger partial charge in [0.05, 0.1) is 24.3 Å². The molecule has 1 amide bonds. The number of likely N-dealkylation sites (tertiary alicyclic amines) is 1. The molecule has 1 N–H and O–H groups in total. The number of carbonyl (C=O) groups excluding carboxylic acids is 2. The molecule has 0 aliphatic carbocycles. The van der Waals surface area contributed by atoms with Gasteiger partial charge in [0, 0.05) is 18.7 Å². The van der Waals surface area contributed by atoms with E-state index < -0.39 is 17.7 Å². The number of rotatable bonds is 8. The van der Waals surface area contributed by atoms with Crippen molar-refractivity contribution >= 4 is 17.4 Å². The van der Waals surface area contributed by atoms with E-state index in [1.165, 1.54) is 5.56 Å². The standard InChI is InChI=1S/C29H35NO5/c1-5-14-35-24-13-12-22(16-19(24)4)27(31)25-26(21-10-8-20(9-11-21)18(2)3)30(29(33)28(25)32)17-23-7-6-15-34-23/h8-13,16,18,23,26,31H,5-7,14-15,17H2,1-4H3/b27-25-. The third-order valence-electron chi connectivity index (χ3n) is 6.79. The maximum absolute atomic E-state index is 13.3. The molecule has 2 aromatic rings. The molecule has 2 saturated heterocycles. The van der Waals surface area contributed by atoms with Crippen molar-refractivity contribution in [2.45, 2.75) is 65.0 Å². The van der Waals surface area contributed by atoms with Gasteiger partial charge in [-0.1, -0.05) is 45.0 Å². The first-order valence-electron chi connectivity index (χ1n) is 12.6. The van der Waals surface area contributed by atoms with Gasteiger partial charge in [-0.3, -0.25) is 9.59 Å². The average molecular weight is 478 g/mol. The van der Waals surface area contributed by atoms with Crippen molar-refractivity contribution in [2.75, 3.05) is 19.8 Å². The van der Waals surface area contributed by atoms with E-state index >= 15 is 0 Å². The molecule has 2 aliphatic rings. The highest BCUT2D eigenvalue weighted by atomic mass is 16.5. The lowest BCUT2D eigenvalue weighted by Crippen LogP contribution is -2.36. The lowest BCUT2D eigenvalue weighted by atomic mass is 9.93. The summed E-state index contributed by atoms with van der Waals surface area (Å²) in [6, 6.07) is 12.6. The van der Waals surface area contributed by atoms with Gasteiger partial charge < -0.3 is 19.5 Å². The normalized spacial score (nSPS) is 21.8. The second kappa shape index (κ2) is 10.6. The summed E-state index contributed by atoms with van der Waals surface area (Å²) >= 11 is 0. The Morgan fingerprint density at radius 2 is 1.91 bits per heavy atom. The van der Waals surface area contributed by atoms with Crippen LogP contribution in [0, 0.1) is 6.92 Å². The molecule has 35 heavy (non-hydrogen) atoms. The number of aliphatic hydroxyl groups excluding tert-OH is 1. The lowest BCUT2D eigenvalue weighted by molar-refractivity contribution is -0.140. The van der Waals surface area contributed by atoms with E-state index in [0.29, 0.717) is 31.2 Å². The lowest BCUT2D eigenvalue weighted by Gasteiger charge is -2.27. The molecule has 0 radical (unpaired) electrons. The first-order chi connectivity index (χ1) is 16.8. The third-order valence-corrected chi connectivity index (χ3v) is 6.79. The van der Waals surface area contributed by atoms with Gasteiger partial charge in [-0.25, -0.2) is 0 Å². The summed E-state index contributed by atoms with van der Waals surface area (Å²) in [6.07, 6.45) is 2.57. The first-order valence-corrected chi connectivity index (χ1v) is 12.6. The Hall–Kier alpha value is -3.12. The number of hydrogen-bond acceptors (Lipinski definition) is 5. The largest absolute Gasteiger partial charge is 0.507 e. The Kier molecular flexibility index (Phi) is 7.60. The molecule has 4 rings (SSSR count). The van der Waals surface area contributed by atoms with Gasteiger partial charge in [0.15, 0.2) is 0 Å². The Balaban J connectivity index is 1.77. The summed E-state index contributed by atoms with van der Waals surface area (Å²) < 4.78 is 11.5. The van der Waals surface area contributed by atoms with Crippen LogP contribution in [0.3, 0.4) is 0 Å². The molecular weight excluding hydrogens is 442 g/mol. The second-order valence-electron chi connectivity index (χ2n) is 9.74. The quantitative estimate of drug-likeness (QED) is 0.308. The number of nitrogens with zero attached hydrogens (tertiary/aromatic N) is 1. The van der Waals surface area contributed by atoms with Crippen LogP contribution in [0.1, 0.15) is 74.2 Å². The molecule has 0 aromatic heterocycles. The number of benzene rings is 2. The van der Waals surface area contributed by atoms with Crippen molar-refractivity contribution in [1.29, 1.82) is 0 Å². The molecule has 2 atom stereocenters. The molecule has 2 unspecified atom stereocenters. The Labute approximate surface area is 207 Å². The van der Waals surface area contributed by atoms with Crippen LogP contribution in [0.5, 0.6) is 5.75 Å². The number of aliphatic hydroxyl groups is 1. The van der Waals surface area contributed by atoms with Gasteiger partial charge in [0.2, 0.25) is 0 Å². The molecule has 186 valence electrons. The van der Waals surface area contributed by atoms with Gasteiger partial charge in [-0.05, 0) is 67.0 Å². The summed E-state index contributed by atoms with van der Waals surface area (Å²) in [4.78, 5) is 28.0. The van der Waals surface area contributed by atoms with Crippen molar-refractivity contribution in [3.63, 3.8) is 0 Å². The number of Topliss-reactive ketones (excluding diaryl/α,β-unsaturated/α-hetero) is 1. The Morgan fingerprint density at radius 3 is 2.51 bits per heavy atom. The van der Waals surface area contributed by atoms with Crippen molar-refractivity contribution < 1.29 is 24.2 Å². The molecule has 2 fully saturated rings. The zero-order valence-electron chi connectivity index (χ0n) is 21.0. The van der Waals surface area contributed by atoms with E-state index in [4.69, 9.17) is 9.47 Å². The summed E-state index contributed by atoms with van der Waals surface area (Å²) in [5, 5.41) is 11.4. The van der Waals surface area contributed by atoms with Crippen LogP contribution in [0.2, 0.25) is 0 Å². The van der Waals surface area contributed by atoms with Crippen molar-refractivity contribution in [1.82, 2.24) is 4.90 Å². The molecule has 2 aromatic carbocycles. The number of aryl methyl sites for hydroxylation is 1. The fourth-order valence-electron chi connectivity index (χ4n) is 4.81. The van der Waals surface area contributed by atoms with Crippen LogP contribution in [0.15, 0.2) is 48.0 Å². The second-order valence-corrected chi connectivity index (χ2v) is 9.74. The van der Waals surface area contributed by atoms with E-state index in [2.05, 4.69) is 13.8 Å². The fraction of sp³-hybridized carbons (Fsp3) is 0.448. The van der Waals surface area contributed by atoms with Crippen LogP contribution < -0.4 is 4.74 Å². The van der Waals surface area contributed by atoms with Gasteiger partial charge in [0.25, 0.3) is 11.7 Å². The molecule has 6 nitrogen and oxygen atoms in total. The predicted molar refractivity (Wildman–Crippen MR) is 135 cm³/mol. The molecule has 2 heterocycles. The van der Waals surface area contributed by atoms with Crippen molar-refractivity contribution in [2.24, 2.45) is 0 Å². The van der Waals surface area contributed by atoms with Crippen molar-refractivity contribution in [3.8, 4) is 5.75 Å². The average Bonchev–Trinajstić information content (AvgIpc) is 3.45. The van der Waals surface area contributed by atoms with Gasteiger partial charge in [0.1, 0.15) is 11.5 Å². The van der Waals surface area contributed by atoms with Crippen molar-refractivity contribution in [3.05, 3.63) is 70.3 Å². The molecule has 0 saturated carbocycles. The zero-order chi connectivity index (χ0) is 25.1. The fourth-order valence-corrected chi connectivity index (χ4v) is 4.81. The highest BCUT2D eigenvalue weighted by Crippen LogP contribution is 2.40. The minimum absolute atomic E-state index is 0.108. The minimum Gasteiger partial charge on any atom is -0.507 e. The summed E-state index contributed by atoms with van der Waals surface area (Å²) in [5.74, 6) is -0.329. The number of ether oxygens (including phenoxy) is 2. The maximum Gasteiger partial charge on any atom is 0.295 e. The molecule has 0 bridgehead atoms. The van der Waals surface area contributed by atoms with E-state index in [1.54, 1.807) is 23.1 Å². The topological polar surface area (TPSA) is 76.1 Å². The number of hydrogen-bond donors (Lipinski definition) is 1. The van der Waals surface area contributed by atoms with Crippen LogP contribution in [0.4, 0.5) is 0 Å². The smallest absolute Gasteiger partial charge is 0.295 e. The zero-order valence-corrected chi connectivity index (χ0v) is 21.0.